The molecule has 9 nitrogen and oxygen atoms in total. The molecule has 3 heterocycles. The number of fused-ring (bicyclic) bond motifs is 1. The molecule has 4 aromatic rings. The molecule has 1 fully saturated rings. The first-order valence-electron chi connectivity index (χ1n) is 17.5. The van der Waals surface area contributed by atoms with Gasteiger partial charge in [0.25, 0.3) is 0 Å². The van der Waals surface area contributed by atoms with Crippen molar-refractivity contribution in [3.63, 3.8) is 0 Å². The topological polar surface area (TPSA) is 87.4 Å². The van der Waals surface area contributed by atoms with E-state index < -0.39 is 17.7 Å². The van der Waals surface area contributed by atoms with Crippen molar-refractivity contribution in [2.75, 3.05) is 31.7 Å². The van der Waals surface area contributed by atoms with Crippen LogP contribution in [-0.4, -0.2) is 64.7 Å². The Morgan fingerprint density at radius 2 is 1.78 bits per heavy atom. The molecule has 272 valence electrons. The second kappa shape index (κ2) is 15.6. The van der Waals surface area contributed by atoms with Gasteiger partial charge >= 0.3 is 5.97 Å². The Bertz CT molecular complexity index is 1900. The maximum atomic E-state index is 13.4. The third-order valence-electron chi connectivity index (χ3n) is 9.18. The van der Waals surface area contributed by atoms with Crippen molar-refractivity contribution in [2.45, 2.75) is 91.1 Å². The smallest absolute Gasteiger partial charge is 0.339 e. The summed E-state index contributed by atoms with van der Waals surface area (Å²) in [6, 6.07) is 14.1. The van der Waals surface area contributed by atoms with E-state index in [1.165, 1.54) is 7.11 Å². The zero-order valence-electron chi connectivity index (χ0n) is 31.2. The van der Waals surface area contributed by atoms with Crippen molar-refractivity contribution < 1.29 is 23.7 Å². The molecule has 0 aliphatic carbocycles. The van der Waals surface area contributed by atoms with Crippen molar-refractivity contribution in [3.8, 4) is 28.1 Å². The maximum absolute atomic E-state index is 13.4. The number of ether oxygens (including phenoxy) is 4. The molecule has 1 unspecified atom stereocenters. The van der Waals surface area contributed by atoms with Gasteiger partial charge in [-0.3, -0.25) is 0 Å². The highest BCUT2D eigenvalue weighted by molar-refractivity contribution is 6.31. The average molecular weight is 715 g/mol. The van der Waals surface area contributed by atoms with E-state index in [2.05, 4.69) is 31.0 Å². The summed E-state index contributed by atoms with van der Waals surface area (Å²) in [6.45, 7) is 23.3. The van der Waals surface area contributed by atoms with Gasteiger partial charge in [0, 0.05) is 47.4 Å². The van der Waals surface area contributed by atoms with Crippen LogP contribution in [0.25, 0.3) is 28.0 Å². The summed E-state index contributed by atoms with van der Waals surface area (Å²) >= 11 is 6.65. The quantitative estimate of drug-likeness (QED) is 0.100. The number of hydrogen-bond acceptors (Lipinski definition) is 8. The van der Waals surface area contributed by atoms with E-state index in [1.54, 1.807) is 6.08 Å². The Balaban J connectivity index is 1.65. The Labute approximate surface area is 307 Å². The van der Waals surface area contributed by atoms with Crippen molar-refractivity contribution >= 4 is 29.0 Å². The van der Waals surface area contributed by atoms with E-state index in [0.29, 0.717) is 41.6 Å². The van der Waals surface area contributed by atoms with Gasteiger partial charge in [0.1, 0.15) is 11.6 Å². The maximum Gasteiger partial charge on any atom is 0.339 e. The third-order valence-corrected chi connectivity index (χ3v) is 9.59. The molecule has 0 spiro atoms. The third kappa shape index (κ3) is 8.66. The molecule has 5 rings (SSSR count). The number of benzene rings is 2. The van der Waals surface area contributed by atoms with Gasteiger partial charge in [0.15, 0.2) is 11.8 Å². The normalized spacial score (nSPS) is 15.7. The summed E-state index contributed by atoms with van der Waals surface area (Å²) in [6.07, 6.45) is 4.83. The average Bonchev–Trinajstić information content (AvgIpc) is 3.51. The molecule has 2 atom stereocenters. The van der Waals surface area contributed by atoms with E-state index in [-0.39, 0.29) is 11.7 Å². The van der Waals surface area contributed by atoms with Gasteiger partial charge in [-0.25, -0.2) is 9.78 Å². The van der Waals surface area contributed by atoms with Gasteiger partial charge in [-0.05, 0) is 90.6 Å². The molecule has 0 radical (unpaired) electrons. The molecule has 0 N–H and O–H groups in total. The first kappa shape index (κ1) is 38.1. The van der Waals surface area contributed by atoms with Gasteiger partial charge in [-0.1, -0.05) is 42.0 Å². The predicted octanol–water partition coefficient (Wildman–Crippen LogP) is 9.27. The molecule has 10 heteroatoms. The van der Waals surface area contributed by atoms with Gasteiger partial charge < -0.3 is 23.8 Å². The molecule has 0 bridgehead atoms. The van der Waals surface area contributed by atoms with Crippen LogP contribution in [0, 0.1) is 13.8 Å². The summed E-state index contributed by atoms with van der Waals surface area (Å²) < 4.78 is 26.1. The number of aromatic nitrogens is 3. The second-order valence-corrected chi connectivity index (χ2v) is 14.9. The first-order chi connectivity index (χ1) is 24.2. The monoisotopic (exact) mass is 714 g/mol. The number of nitrogens with zero attached hydrogens (tertiary/aromatic N) is 4. The van der Waals surface area contributed by atoms with Crippen molar-refractivity contribution in [3.05, 3.63) is 89.6 Å². The lowest BCUT2D eigenvalue weighted by Gasteiger charge is -2.41. The number of carbonyl (C=O) groups excluding carboxylic acids is 1. The number of hydrogen-bond donors (Lipinski definition) is 0. The highest BCUT2D eigenvalue weighted by atomic mass is 35.5. The van der Waals surface area contributed by atoms with E-state index >= 15 is 0 Å². The van der Waals surface area contributed by atoms with E-state index in [0.717, 1.165) is 58.8 Å². The van der Waals surface area contributed by atoms with Crippen LogP contribution in [0.4, 0.5) is 5.82 Å². The minimum atomic E-state index is -1.02. The van der Waals surface area contributed by atoms with Crippen LogP contribution in [0.5, 0.6) is 5.75 Å². The van der Waals surface area contributed by atoms with Crippen LogP contribution in [-0.2, 0) is 19.0 Å². The minimum absolute atomic E-state index is 0.0531. The lowest BCUT2D eigenvalue weighted by molar-refractivity contribution is -0.164. The van der Waals surface area contributed by atoms with Crippen LogP contribution >= 0.6 is 11.6 Å². The van der Waals surface area contributed by atoms with Gasteiger partial charge in [-0.15, -0.1) is 13.2 Å². The SMILES string of the molecule is C=CCOC1(C)CCN(c2c(C(OC(C)(C)C)C(=O)OC)c(C)nc3cc(-c4cccc(-c5cc(Cl)c(C)cc5O[C@@H](C)CC=C)c4)nn23)CC1. The Morgan fingerprint density at radius 3 is 2.43 bits per heavy atom. The number of aryl methyl sites for hydroxylation is 2. The minimum Gasteiger partial charge on any atom is -0.490 e. The Hall–Kier alpha value is -4.18. The number of carbonyl (C=O) groups is 1. The largest absolute Gasteiger partial charge is 0.490 e. The lowest BCUT2D eigenvalue weighted by atomic mass is 9.92. The van der Waals surface area contributed by atoms with Crippen LogP contribution < -0.4 is 9.64 Å². The summed E-state index contributed by atoms with van der Waals surface area (Å²) in [5, 5.41) is 5.82. The molecule has 1 saturated heterocycles. The zero-order chi connectivity index (χ0) is 37.1. The van der Waals surface area contributed by atoms with Crippen LogP contribution in [0.15, 0.2) is 67.8 Å². The number of halogens is 1. The number of piperidine rings is 1. The van der Waals surface area contributed by atoms with Crippen LogP contribution in [0.3, 0.4) is 0 Å². The van der Waals surface area contributed by atoms with Gasteiger partial charge in [0.05, 0.1) is 42.3 Å². The molecule has 1 aliphatic rings. The fraction of sp³-hybridized carbons (Fsp3) is 0.439. The summed E-state index contributed by atoms with van der Waals surface area (Å²) in [4.78, 5) is 20.7. The fourth-order valence-corrected chi connectivity index (χ4v) is 6.64. The van der Waals surface area contributed by atoms with Gasteiger partial charge in [-0.2, -0.15) is 9.61 Å². The van der Waals surface area contributed by atoms with Crippen molar-refractivity contribution in [1.29, 1.82) is 0 Å². The molecule has 2 aromatic carbocycles. The Morgan fingerprint density at radius 1 is 1.08 bits per heavy atom. The van der Waals surface area contributed by atoms with Crippen molar-refractivity contribution in [1.82, 2.24) is 14.6 Å². The van der Waals surface area contributed by atoms with E-state index in [9.17, 15) is 4.79 Å². The Kier molecular flexibility index (Phi) is 11.6. The highest BCUT2D eigenvalue weighted by Crippen LogP contribution is 2.40. The second-order valence-electron chi connectivity index (χ2n) is 14.5. The lowest BCUT2D eigenvalue weighted by Crippen LogP contribution is -2.45. The number of esters is 1. The molecule has 0 amide bonds. The van der Waals surface area contributed by atoms with E-state index in [1.807, 2.05) is 88.5 Å². The van der Waals surface area contributed by atoms with Gasteiger partial charge in [0.2, 0.25) is 0 Å². The molecule has 0 saturated carbocycles. The van der Waals surface area contributed by atoms with Crippen LogP contribution in [0.1, 0.15) is 76.8 Å². The molecule has 2 aromatic heterocycles. The summed E-state index contributed by atoms with van der Waals surface area (Å²) in [7, 11) is 1.38. The fourth-order valence-electron chi connectivity index (χ4n) is 6.47. The van der Waals surface area contributed by atoms with Crippen LogP contribution in [0.2, 0.25) is 5.02 Å². The standard InChI is InChI=1S/C41H51ClN4O5/c1-11-14-27(4)50-34-22-26(3)32(42)24-31(34)29-15-13-16-30(23-29)33-25-35-43-28(5)36(37(39(47)48-10)51-40(6,7)8)38(46(35)44-33)45-19-17-41(9,18-20-45)49-21-12-2/h11-13,15-16,22-25,27,37H,1-2,14,17-21H2,3-10H3/t27-,37?/m0/s1. The summed E-state index contributed by atoms with van der Waals surface area (Å²) in [5.41, 5.74) is 5.40. The molecule has 1 aliphatic heterocycles. The predicted molar refractivity (Wildman–Crippen MR) is 205 cm³/mol. The van der Waals surface area contributed by atoms with Crippen molar-refractivity contribution in [2.24, 2.45) is 0 Å². The number of anilines is 1. The number of rotatable bonds is 13. The first-order valence-corrected chi connectivity index (χ1v) is 17.9. The molecule has 51 heavy (non-hydrogen) atoms. The summed E-state index contributed by atoms with van der Waals surface area (Å²) in [5.74, 6) is 1.01. The molecular weight excluding hydrogens is 664 g/mol. The highest BCUT2D eigenvalue weighted by Gasteiger charge is 2.38. The number of methoxy groups -OCH3 is 1. The zero-order valence-corrected chi connectivity index (χ0v) is 32.0. The van der Waals surface area contributed by atoms with E-state index in [4.69, 9.17) is 40.6 Å². The molecular formula is C41H51ClN4O5.